The smallest absolute Gasteiger partial charge is 0.434 e. The number of rotatable bonds is 2. The zero-order chi connectivity index (χ0) is 22.6. The van der Waals surface area contributed by atoms with E-state index in [-0.39, 0.29) is 23.2 Å². The molecule has 0 saturated heterocycles. The van der Waals surface area contributed by atoms with Gasteiger partial charge in [0.05, 0.1) is 23.2 Å². The van der Waals surface area contributed by atoms with E-state index in [9.17, 15) is 26.7 Å². The van der Waals surface area contributed by atoms with Crippen molar-refractivity contribution in [3.05, 3.63) is 71.1 Å². The van der Waals surface area contributed by atoms with Crippen molar-refractivity contribution in [2.24, 2.45) is 0 Å². The molecule has 0 fully saturated rings. The first-order valence-electron chi connectivity index (χ1n) is 9.30. The van der Waals surface area contributed by atoms with Crippen molar-refractivity contribution in [2.45, 2.75) is 22.6 Å². The largest absolute Gasteiger partial charge is 0.478 e. The van der Waals surface area contributed by atoms with Crippen LogP contribution in [0.15, 0.2) is 47.8 Å². The third-order valence-electron chi connectivity index (χ3n) is 5.07. The van der Waals surface area contributed by atoms with Crippen LogP contribution in [-0.4, -0.2) is 22.2 Å². The highest BCUT2D eigenvalue weighted by atomic mass is 32.2. The molecule has 6 nitrogen and oxygen atoms in total. The number of hydrogen-bond donors (Lipinski definition) is 2. The molecule has 2 aliphatic rings. The van der Waals surface area contributed by atoms with Crippen LogP contribution in [0.5, 0.6) is 5.75 Å². The number of nitrogens with zero attached hydrogens (tertiary/aromatic N) is 2. The number of benzene rings is 2. The summed E-state index contributed by atoms with van der Waals surface area (Å²) in [6.45, 7) is -0.321. The van der Waals surface area contributed by atoms with Gasteiger partial charge in [0.1, 0.15) is 5.82 Å². The lowest BCUT2D eigenvalue weighted by Crippen LogP contribution is -2.33. The molecule has 0 radical (unpaired) electrons. The lowest BCUT2D eigenvalue weighted by molar-refractivity contribution is -0.143. The molecule has 0 spiro atoms. The third-order valence-corrected chi connectivity index (χ3v) is 6.37. The number of hydrogen-bond acceptors (Lipinski definition) is 5. The van der Waals surface area contributed by atoms with Crippen LogP contribution in [-0.2, 0) is 11.0 Å². The Kier molecular flexibility index (Phi) is 4.77. The summed E-state index contributed by atoms with van der Waals surface area (Å²) in [4.78, 5) is 15.5. The summed E-state index contributed by atoms with van der Waals surface area (Å²) in [6.07, 6.45) is -3.94. The fourth-order valence-corrected chi connectivity index (χ4v) is 4.88. The van der Waals surface area contributed by atoms with Gasteiger partial charge in [0, 0.05) is 0 Å². The molecule has 2 aromatic carbocycles. The molecule has 12 heteroatoms. The average molecular weight is 468 g/mol. The Balaban J connectivity index is 1.62. The summed E-state index contributed by atoms with van der Waals surface area (Å²) in [6, 6.07) is 7.17. The van der Waals surface area contributed by atoms with Crippen LogP contribution in [0.4, 0.5) is 27.6 Å². The van der Waals surface area contributed by atoms with Crippen LogP contribution in [0.1, 0.15) is 28.1 Å². The Morgan fingerprint density at radius 2 is 1.88 bits per heavy atom. The highest BCUT2D eigenvalue weighted by molar-refractivity contribution is 7.99. The number of carbonyl (C=O) groups is 1. The highest BCUT2D eigenvalue weighted by Crippen LogP contribution is 2.50. The maximum Gasteiger partial charge on any atom is 0.434 e. The van der Waals surface area contributed by atoms with Gasteiger partial charge >= 0.3 is 6.18 Å². The van der Waals surface area contributed by atoms with Gasteiger partial charge in [-0.15, -0.1) is 0 Å². The number of ether oxygens (including phenoxy) is 1. The van der Waals surface area contributed by atoms with Gasteiger partial charge in [0.15, 0.2) is 29.0 Å². The fraction of sp³-hybridized carbons (Fsp3) is 0.200. The van der Waals surface area contributed by atoms with E-state index < -0.39 is 40.7 Å². The third kappa shape index (κ3) is 3.53. The van der Waals surface area contributed by atoms with Crippen molar-refractivity contribution in [1.29, 1.82) is 0 Å². The fourth-order valence-electron chi connectivity index (χ4n) is 3.65. The Morgan fingerprint density at radius 3 is 2.59 bits per heavy atom. The molecular formula is C20H13F5N4O2S. The first-order valence-corrected chi connectivity index (χ1v) is 10.2. The molecule has 1 amide bonds. The molecule has 166 valence electrons. The minimum Gasteiger partial charge on any atom is -0.478 e. The molecule has 2 N–H and O–H groups in total. The van der Waals surface area contributed by atoms with E-state index in [0.717, 1.165) is 16.4 Å². The Morgan fingerprint density at radius 1 is 1.12 bits per heavy atom. The normalized spacial score (nSPS) is 20.0. The SMILES string of the molecule is O=C1COc2c(F)cc(C3Sc4ncc(C(F)(F)F)n4NC3c3ccc(F)cc3)cc2N1. The monoisotopic (exact) mass is 468 g/mol. The number of halogens is 5. The minimum absolute atomic E-state index is 0.0269. The first kappa shape index (κ1) is 20.6. The molecule has 3 heterocycles. The van der Waals surface area contributed by atoms with Crippen molar-refractivity contribution >= 4 is 23.4 Å². The lowest BCUT2D eigenvalue weighted by atomic mass is 9.97. The number of carbonyl (C=O) groups excluding carboxylic acids is 1. The van der Waals surface area contributed by atoms with Crippen molar-refractivity contribution in [3.8, 4) is 5.75 Å². The van der Waals surface area contributed by atoms with Gasteiger partial charge in [-0.3, -0.25) is 4.79 Å². The van der Waals surface area contributed by atoms with Crippen molar-refractivity contribution < 1.29 is 31.5 Å². The molecule has 3 aromatic rings. The summed E-state index contributed by atoms with van der Waals surface area (Å²) >= 11 is 0.990. The second kappa shape index (κ2) is 7.40. The number of alkyl halides is 3. The standard InChI is InChI=1S/C20H13F5N4O2S/c21-11-3-1-9(2-4-11)16-18(32-19-26-7-14(20(23,24)25)29(19)28-16)10-5-12(22)17-13(6-10)27-15(30)8-31-17/h1-7,16,18,28H,8H2,(H,27,30). The van der Waals surface area contributed by atoms with E-state index in [2.05, 4.69) is 15.7 Å². The number of nitrogens with one attached hydrogen (secondary N) is 2. The average Bonchev–Trinajstić information content (AvgIpc) is 3.16. The Hall–Kier alpha value is -3.28. The highest BCUT2D eigenvalue weighted by Gasteiger charge is 2.41. The zero-order valence-electron chi connectivity index (χ0n) is 15.9. The number of anilines is 1. The number of fused-ring (bicyclic) bond motifs is 2. The van der Waals surface area contributed by atoms with Gasteiger partial charge in [0.2, 0.25) is 0 Å². The zero-order valence-corrected chi connectivity index (χ0v) is 16.7. The van der Waals surface area contributed by atoms with Crippen molar-refractivity contribution in [3.63, 3.8) is 0 Å². The van der Waals surface area contributed by atoms with Crippen LogP contribution < -0.4 is 15.5 Å². The van der Waals surface area contributed by atoms with E-state index in [1.807, 2.05) is 0 Å². The van der Waals surface area contributed by atoms with Gasteiger partial charge in [-0.1, -0.05) is 23.9 Å². The number of imidazole rings is 1. The van der Waals surface area contributed by atoms with Gasteiger partial charge in [-0.25, -0.2) is 18.4 Å². The number of aromatic nitrogens is 2. The second-order valence-electron chi connectivity index (χ2n) is 7.17. The number of amides is 1. The van der Waals surface area contributed by atoms with E-state index in [4.69, 9.17) is 4.74 Å². The Labute approximate surface area is 181 Å². The van der Waals surface area contributed by atoms with E-state index >= 15 is 0 Å². The summed E-state index contributed by atoms with van der Waals surface area (Å²) in [5.41, 5.74) is 2.78. The predicted molar refractivity (Wildman–Crippen MR) is 105 cm³/mol. The summed E-state index contributed by atoms with van der Waals surface area (Å²) in [5.74, 6) is -1.79. The van der Waals surface area contributed by atoms with Crippen LogP contribution in [0.2, 0.25) is 0 Å². The minimum atomic E-state index is -4.65. The molecule has 2 aliphatic heterocycles. The van der Waals surface area contributed by atoms with Gasteiger partial charge < -0.3 is 15.5 Å². The van der Waals surface area contributed by atoms with Gasteiger partial charge in [-0.2, -0.15) is 13.2 Å². The van der Waals surface area contributed by atoms with Crippen molar-refractivity contribution in [1.82, 2.24) is 9.66 Å². The molecule has 2 atom stereocenters. The summed E-state index contributed by atoms with van der Waals surface area (Å²) in [7, 11) is 0. The van der Waals surface area contributed by atoms with Crippen LogP contribution >= 0.6 is 11.8 Å². The summed E-state index contributed by atoms with van der Waals surface area (Å²) < 4.78 is 74.4. The van der Waals surface area contributed by atoms with E-state index in [1.54, 1.807) is 0 Å². The second-order valence-corrected chi connectivity index (χ2v) is 8.28. The van der Waals surface area contributed by atoms with E-state index in [1.165, 1.54) is 36.4 Å². The van der Waals surface area contributed by atoms with Crippen LogP contribution in [0, 0.1) is 11.6 Å². The van der Waals surface area contributed by atoms with Crippen LogP contribution in [0.25, 0.3) is 0 Å². The molecule has 0 aliphatic carbocycles. The predicted octanol–water partition coefficient (Wildman–Crippen LogP) is 4.64. The van der Waals surface area contributed by atoms with Crippen LogP contribution in [0.3, 0.4) is 0 Å². The molecule has 1 aromatic heterocycles. The maximum absolute atomic E-state index is 14.7. The topological polar surface area (TPSA) is 68.2 Å². The van der Waals surface area contributed by atoms with Gasteiger partial charge in [-0.05, 0) is 35.4 Å². The molecule has 32 heavy (non-hydrogen) atoms. The first-order chi connectivity index (χ1) is 15.2. The maximum atomic E-state index is 14.7. The Bertz CT molecular complexity index is 1210. The number of thioether (sulfide) groups is 1. The lowest BCUT2D eigenvalue weighted by Gasteiger charge is -2.35. The molecule has 2 unspecified atom stereocenters. The molecule has 0 bridgehead atoms. The van der Waals surface area contributed by atoms with Crippen molar-refractivity contribution in [2.75, 3.05) is 17.3 Å². The quantitative estimate of drug-likeness (QED) is 0.537. The van der Waals surface area contributed by atoms with E-state index in [0.29, 0.717) is 17.3 Å². The molecular weight excluding hydrogens is 455 g/mol. The molecule has 5 rings (SSSR count). The van der Waals surface area contributed by atoms with Gasteiger partial charge in [0.25, 0.3) is 5.91 Å². The summed E-state index contributed by atoms with van der Waals surface area (Å²) in [5, 5.41) is 1.90. The molecule has 0 saturated carbocycles.